The van der Waals surface area contributed by atoms with E-state index < -0.39 is 0 Å². The van der Waals surface area contributed by atoms with Crippen LogP contribution in [0.15, 0.2) is 133 Å². The Bertz CT molecular complexity index is 1940. The summed E-state index contributed by atoms with van der Waals surface area (Å²) in [5.41, 5.74) is 3.80. The van der Waals surface area contributed by atoms with Gasteiger partial charge in [0.2, 0.25) is 5.28 Å². The van der Waals surface area contributed by atoms with Gasteiger partial charge in [0.25, 0.3) is 0 Å². The predicted octanol–water partition coefficient (Wildman–Crippen LogP) is 9.32. The van der Waals surface area contributed by atoms with Crippen LogP contribution < -0.4 is 0 Å². The SMILES string of the molecule is Clc1nc(-c2ccccc2)cc(-n2c3ccccc3c3ccccc3c3ccccc3c3ccccc32)n1. The molecule has 0 bridgehead atoms. The molecule has 0 unspecified atom stereocenters. The lowest BCUT2D eigenvalue weighted by Gasteiger charge is -2.14. The van der Waals surface area contributed by atoms with Crippen LogP contribution in [-0.4, -0.2) is 14.5 Å². The van der Waals surface area contributed by atoms with Gasteiger partial charge >= 0.3 is 0 Å². The highest BCUT2D eigenvalue weighted by molar-refractivity contribution is 6.28. The third kappa shape index (κ3) is 3.76. The van der Waals surface area contributed by atoms with E-state index >= 15 is 0 Å². The largest absolute Gasteiger partial charge is 0.294 e. The predicted molar refractivity (Wildman–Crippen MR) is 159 cm³/mol. The van der Waals surface area contributed by atoms with Gasteiger partial charge in [0.15, 0.2) is 0 Å². The third-order valence-electron chi connectivity index (χ3n) is 7.00. The van der Waals surface area contributed by atoms with Crippen LogP contribution >= 0.6 is 11.6 Å². The van der Waals surface area contributed by atoms with Crippen LogP contribution in [0.25, 0.3) is 60.4 Å². The van der Waals surface area contributed by atoms with Crippen molar-refractivity contribution in [1.29, 1.82) is 0 Å². The van der Waals surface area contributed by atoms with Crippen molar-refractivity contribution in [3.63, 3.8) is 0 Å². The Morgan fingerprint density at radius 2 is 0.868 bits per heavy atom. The van der Waals surface area contributed by atoms with Crippen molar-refractivity contribution in [3.8, 4) is 17.1 Å². The van der Waals surface area contributed by atoms with Crippen LogP contribution in [0.4, 0.5) is 0 Å². The maximum Gasteiger partial charge on any atom is 0.224 e. The van der Waals surface area contributed by atoms with Gasteiger partial charge in [0.05, 0.1) is 16.7 Å². The molecule has 0 fully saturated rings. The highest BCUT2D eigenvalue weighted by Crippen LogP contribution is 2.34. The molecule has 0 N–H and O–H groups in total. The van der Waals surface area contributed by atoms with E-state index in [9.17, 15) is 0 Å². The average molecular weight is 508 g/mol. The van der Waals surface area contributed by atoms with Crippen molar-refractivity contribution in [1.82, 2.24) is 14.5 Å². The molecule has 0 amide bonds. The average Bonchev–Trinajstić information content (AvgIpc) is 3.02. The van der Waals surface area contributed by atoms with Gasteiger partial charge in [-0.25, -0.2) is 4.98 Å². The minimum absolute atomic E-state index is 0.206. The second-order valence-electron chi connectivity index (χ2n) is 9.21. The molecule has 0 spiro atoms. The maximum absolute atomic E-state index is 6.59. The molecule has 2 heterocycles. The lowest BCUT2D eigenvalue weighted by molar-refractivity contribution is 1.04. The molecule has 0 saturated heterocycles. The van der Waals surface area contributed by atoms with Crippen LogP contribution in [0, 0.1) is 0 Å². The van der Waals surface area contributed by atoms with E-state index in [-0.39, 0.29) is 5.28 Å². The smallest absolute Gasteiger partial charge is 0.224 e. The summed E-state index contributed by atoms with van der Waals surface area (Å²) in [6, 6.07) is 46.3. The summed E-state index contributed by atoms with van der Waals surface area (Å²) in [7, 11) is 0. The summed E-state index contributed by atoms with van der Waals surface area (Å²) >= 11 is 6.59. The monoisotopic (exact) mass is 507 g/mol. The summed E-state index contributed by atoms with van der Waals surface area (Å²) in [4.78, 5) is 9.35. The van der Waals surface area contributed by atoms with Gasteiger partial charge in [0.1, 0.15) is 5.82 Å². The number of hydrogen-bond donors (Lipinski definition) is 0. The van der Waals surface area contributed by atoms with Gasteiger partial charge in [0, 0.05) is 22.4 Å². The number of halogens is 1. The van der Waals surface area contributed by atoms with Gasteiger partial charge in [-0.2, -0.15) is 4.98 Å². The molecule has 180 valence electrons. The number of fused-ring (bicyclic) bond motifs is 7. The fourth-order valence-corrected chi connectivity index (χ4v) is 5.53. The lowest BCUT2D eigenvalue weighted by Crippen LogP contribution is -2.03. The molecule has 0 aliphatic heterocycles. The minimum atomic E-state index is 0.206. The third-order valence-corrected chi connectivity index (χ3v) is 7.17. The first kappa shape index (κ1) is 22.5. The van der Waals surface area contributed by atoms with Crippen LogP contribution in [0.2, 0.25) is 5.28 Å². The second kappa shape index (κ2) is 9.29. The number of para-hydroxylation sites is 2. The Balaban J connectivity index is 1.78. The molecule has 2 aromatic heterocycles. The second-order valence-corrected chi connectivity index (χ2v) is 9.55. The molecule has 38 heavy (non-hydrogen) atoms. The molecule has 0 saturated carbocycles. The van der Waals surface area contributed by atoms with Crippen LogP contribution in [0.3, 0.4) is 0 Å². The van der Waals surface area contributed by atoms with Crippen molar-refractivity contribution in [2.24, 2.45) is 0 Å². The van der Waals surface area contributed by atoms with Gasteiger partial charge in [-0.15, -0.1) is 0 Å². The molecular weight excluding hydrogens is 486 g/mol. The first-order chi connectivity index (χ1) is 18.8. The molecular formula is C34H22ClN3. The Labute approximate surface area is 224 Å². The van der Waals surface area contributed by atoms with Crippen LogP contribution in [0.1, 0.15) is 0 Å². The first-order valence-electron chi connectivity index (χ1n) is 12.6. The molecule has 7 rings (SSSR count). The summed E-state index contributed by atoms with van der Waals surface area (Å²) in [5.74, 6) is 0.709. The Hall–Kier alpha value is -4.73. The zero-order valence-electron chi connectivity index (χ0n) is 20.4. The van der Waals surface area contributed by atoms with Crippen molar-refractivity contribution in [3.05, 3.63) is 139 Å². The first-order valence-corrected chi connectivity index (χ1v) is 12.9. The zero-order chi connectivity index (χ0) is 25.5. The maximum atomic E-state index is 6.59. The van der Waals surface area contributed by atoms with Crippen LogP contribution in [0.5, 0.6) is 0 Å². The van der Waals surface area contributed by atoms with E-state index in [1.165, 1.54) is 10.8 Å². The van der Waals surface area contributed by atoms with Crippen molar-refractivity contribution < 1.29 is 0 Å². The van der Waals surface area contributed by atoms with Crippen LogP contribution in [-0.2, 0) is 0 Å². The molecule has 0 aliphatic rings. The molecule has 7 aromatic rings. The number of aromatic nitrogens is 3. The zero-order valence-corrected chi connectivity index (χ0v) is 21.2. The molecule has 3 nitrogen and oxygen atoms in total. The fraction of sp³-hybridized carbons (Fsp3) is 0. The summed E-state index contributed by atoms with van der Waals surface area (Å²) in [6.07, 6.45) is 0. The van der Waals surface area contributed by atoms with Crippen molar-refractivity contribution >= 4 is 55.0 Å². The Kier molecular flexibility index (Phi) is 5.49. The quantitative estimate of drug-likeness (QED) is 0.218. The Morgan fingerprint density at radius 1 is 0.447 bits per heavy atom. The summed E-state index contributed by atoms with van der Waals surface area (Å²) in [5, 5.41) is 7.15. The summed E-state index contributed by atoms with van der Waals surface area (Å²) in [6.45, 7) is 0. The number of rotatable bonds is 2. The van der Waals surface area contributed by atoms with E-state index in [4.69, 9.17) is 16.6 Å². The Morgan fingerprint density at radius 3 is 1.39 bits per heavy atom. The van der Waals surface area contributed by atoms with E-state index in [1.807, 2.05) is 36.4 Å². The van der Waals surface area contributed by atoms with Gasteiger partial charge in [-0.05, 0) is 45.3 Å². The number of benzene rings is 5. The molecule has 5 aromatic carbocycles. The molecule has 0 aliphatic carbocycles. The number of hydrogen-bond acceptors (Lipinski definition) is 2. The molecule has 0 atom stereocenters. The van der Waals surface area contributed by atoms with Crippen molar-refractivity contribution in [2.75, 3.05) is 0 Å². The number of nitrogens with zero attached hydrogens (tertiary/aromatic N) is 3. The van der Waals surface area contributed by atoms with E-state index in [1.54, 1.807) is 0 Å². The summed E-state index contributed by atoms with van der Waals surface area (Å²) < 4.78 is 2.21. The molecule has 4 heteroatoms. The lowest BCUT2D eigenvalue weighted by atomic mass is 10.0. The molecule has 0 radical (unpaired) electrons. The van der Waals surface area contributed by atoms with E-state index in [0.29, 0.717) is 5.82 Å². The van der Waals surface area contributed by atoms with E-state index in [2.05, 4.69) is 107 Å². The minimum Gasteiger partial charge on any atom is -0.294 e. The van der Waals surface area contributed by atoms with Crippen molar-refractivity contribution in [2.45, 2.75) is 0 Å². The fourth-order valence-electron chi connectivity index (χ4n) is 5.35. The van der Waals surface area contributed by atoms with Gasteiger partial charge < -0.3 is 0 Å². The van der Waals surface area contributed by atoms with E-state index in [0.717, 1.165) is 43.8 Å². The normalized spacial score (nSPS) is 11.3. The highest BCUT2D eigenvalue weighted by atomic mass is 35.5. The van der Waals surface area contributed by atoms with Gasteiger partial charge in [-0.3, -0.25) is 4.57 Å². The topological polar surface area (TPSA) is 30.7 Å². The standard InChI is InChI=1S/C34H22ClN3/c35-34-36-30(23-12-2-1-3-13-23)22-33(37-34)38-31-20-10-8-18-28(31)26-16-6-4-14-24(26)25-15-5-7-17-27(25)29-19-9-11-21-32(29)38/h1-22H. The van der Waals surface area contributed by atoms with Gasteiger partial charge in [-0.1, -0.05) is 115 Å². The highest BCUT2D eigenvalue weighted by Gasteiger charge is 2.13.